The molecule has 0 atom stereocenters. The molecule has 1 aromatic heterocycles. The van der Waals surface area contributed by atoms with Crippen LogP contribution in [-0.2, 0) is 14.9 Å². The van der Waals surface area contributed by atoms with E-state index in [1.807, 2.05) is 18.2 Å². The van der Waals surface area contributed by atoms with Gasteiger partial charge in [-0.15, -0.1) is 0 Å². The van der Waals surface area contributed by atoms with Crippen molar-refractivity contribution < 1.29 is 18.8 Å². The van der Waals surface area contributed by atoms with E-state index in [0.717, 1.165) is 94.3 Å². The first-order chi connectivity index (χ1) is 17.1. The molecule has 5 fully saturated rings. The number of methoxy groups -OCH3 is 1. The van der Waals surface area contributed by atoms with Crippen molar-refractivity contribution in [2.24, 2.45) is 11.3 Å². The van der Waals surface area contributed by atoms with Crippen molar-refractivity contribution in [3.63, 3.8) is 0 Å². The lowest BCUT2D eigenvalue weighted by Crippen LogP contribution is -2.51. The fraction of sp³-hybridized carbons (Fsp3) is 0.679. The largest absolute Gasteiger partial charge is 0.497 e. The molecule has 1 amide bonds. The average Bonchev–Trinajstić information content (AvgIpc) is 3.64. The Hall–Kier alpha value is -2.41. The number of carbonyl (C=O) groups excluding carboxylic acids is 1. The first kappa shape index (κ1) is 23.0. The highest BCUT2D eigenvalue weighted by atomic mass is 16.5. The van der Waals surface area contributed by atoms with E-state index in [-0.39, 0.29) is 16.7 Å². The smallest absolute Gasteiger partial charge is 0.232 e. The van der Waals surface area contributed by atoms with Gasteiger partial charge >= 0.3 is 0 Å². The van der Waals surface area contributed by atoms with E-state index in [4.69, 9.17) is 19.0 Å². The Labute approximate surface area is 207 Å². The highest BCUT2D eigenvalue weighted by Gasteiger charge is 2.53. The predicted molar refractivity (Wildman–Crippen MR) is 132 cm³/mol. The molecule has 2 aromatic rings. The number of hydrogen-bond acceptors (Lipinski definition) is 6. The number of amides is 1. The second kappa shape index (κ2) is 9.23. The van der Waals surface area contributed by atoms with Crippen LogP contribution in [0.5, 0.6) is 5.75 Å². The third-order valence-electron chi connectivity index (χ3n) is 9.20. The number of fused-ring (bicyclic) bond motifs is 3. The normalized spacial score (nSPS) is 28.7. The third-order valence-corrected chi connectivity index (χ3v) is 9.20. The molecule has 1 aromatic carbocycles. The molecule has 1 aliphatic heterocycles. The first-order valence-corrected chi connectivity index (χ1v) is 13.4. The lowest BCUT2D eigenvalue weighted by atomic mass is 9.53. The second-order valence-corrected chi connectivity index (χ2v) is 11.5. The van der Waals surface area contributed by atoms with Crippen molar-refractivity contribution in [2.45, 2.75) is 82.0 Å². The zero-order valence-electron chi connectivity index (χ0n) is 20.8. The van der Waals surface area contributed by atoms with Gasteiger partial charge in [0.25, 0.3) is 0 Å². The van der Waals surface area contributed by atoms with Gasteiger partial charge in [0.15, 0.2) is 5.82 Å². The Morgan fingerprint density at radius 2 is 1.83 bits per heavy atom. The standard InChI is InChI=1S/C28H37N3O4/c1-33-23-4-2-3-22(18-23)31(24(32)17-20-7-15-34-16-8-20)19-27-9-12-28(13-10-27,14-11-27)26-29-25(30-35-26)21-5-6-21/h2-4,18,20-21H,5-17,19H2,1H3. The van der Waals surface area contributed by atoms with Gasteiger partial charge in [-0.3, -0.25) is 4.79 Å². The number of hydrogen-bond donors (Lipinski definition) is 0. The Balaban J connectivity index is 1.20. The fourth-order valence-electron chi connectivity index (χ4n) is 6.52. The van der Waals surface area contributed by atoms with E-state index in [2.05, 4.69) is 16.1 Å². The van der Waals surface area contributed by atoms with E-state index in [1.165, 1.54) is 12.8 Å². The van der Waals surface area contributed by atoms with Crippen LogP contribution in [0.4, 0.5) is 5.69 Å². The Morgan fingerprint density at radius 1 is 1.09 bits per heavy atom. The summed E-state index contributed by atoms with van der Waals surface area (Å²) in [6.45, 7) is 2.30. The average molecular weight is 480 g/mol. The van der Waals surface area contributed by atoms with Gasteiger partial charge in [0.05, 0.1) is 7.11 Å². The molecular weight excluding hydrogens is 442 g/mol. The molecule has 0 spiro atoms. The monoisotopic (exact) mass is 479 g/mol. The lowest BCUT2D eigenvalue weighted by molar-refractivity contribution is -0.121. The molecule has 35 heavy (non-hydrogen) atoms. The molecule has 4 aliphatic carbocycles. The van der Waals surface area contributed by atoms with E-state index >= 15 is 0 Å². The van der Waals surface area contributed by atoms with Crippen molar-refractivity contribution in [3.8, 4) is 5.75 Å². The van der Waals surface area contributed by atoms with Crippen molar-refractivity contribution in [2.75, 3.05) is 31.8 Å². The summed E-state index contributed by atoms with van der Waals surface area (Å²) in [6, 6.07) is 7.99. The maximum absolute atomic E-state index is 13.7. The molecule has 0 radical (unpaired) electrons. The minimum absolute atomic E-state index is 0.0365. The topological polar surface area (TPSA) is 77.7 Å². The number of ether oxygens (including phenoxy) is 2. The van der Waals surface area contributed by atoms with Gasteiger partial charge in [0.1, 0.15) is 5.75 Å². The molecule has 7 rings (SSSR count). The van der Waals surface area contributed by atoms with Gasteiger partial charge in [0.2, 0.25) is 11.8 Å². The van der Waals surface area contributed by atoms with Gasteiger partial charge in [-0.1, -0.05) is 11.2 Å². The van der Waals surface area contributed by atoms with Crippen LogP contribution in [0.3, 0.4) is 0 Å². The van der Waals surface area contributed by atoms with Crippen molar-refractivity contribution in [3.05, 3.63) is 36.0 Å². The highest BCUT2D eigenvalue weighted by Crippen LogP contribution is 2.58. The van der Waals surface area contributed by atoms with Crippen LogP contribution in [0.25, 0.3) is 0 Å². The van der Waals surface area contributed by atoms with Crippen LogP contribution >= 0.6 is 0 Å². The quantitative estimate of drug-likeness (QED) is 0.505. The molecule has 2 bridgehead atoms. The lowest BCUT2D eigenvalue weighted by Gasteiger charge is -2.53. The van der Waals surface area contributed by atoms with Crippen molar-refractivity contribution in [1.29, 1.82) is 0 Å². The van der Waals surface area contributed by atoms with E-state index in [0.29, 0.717) is 18.3 Å². The van der Waals surface area contributed by atoms with Crippen LogP contribution in [0.15, 0.2) is 28.8 Å². The summed E-state index contributed by atoms with van der Waals surface area (Å²) in [5.41, 5.74) is 1.13. The fourth-order valence-corrected chi connectivity index (χ4v) is 6.52. The van der Waals surface area contributed by atoms with Crippen LogP contribution in [0.1, 0.15) is 88.3 Å². The van der Waals surface area contributed by atoms with Gasteiger partial charge in [-0.05, 0) is 87.7 Å². The summed E-state index contributed by atoms with van der Waals surface area (Å²) in [5, 5.41) is 4.30. The second-order valence-electron chi connectivity index (χ2n) is 11.5. The zero-order valence-corrected chi connectivity index (χ0v) is 20.8. The summed E-state index contributed by atoms with van der Waals surface area (Å²) in [4.78, 5) is 20.6. The number of rotatable bonds is 8. The summed E-state index contributed by atoms with van der Waals surface area (Å²) in [7, 11) is 1.68. The number of aromatic nitrogens is 2. The van der Waals surface area contributed by atoms with E-state index < -0.39 is 0 Å². The summed E-state index contributed by atoms with van der Waals surface area (Å²) in [5.74, 6) is 3.73. The third kappa shape index (κ3) is 4.59. The molecule has 1 saturated heterocycles. The molecule has 188 valence electrons. The number of benzene rings is 1. The Kier molecular flexibility index (Phi) is 6.07. The van der Waals surface area contributed by atoms with Crippen LogP contribution in [0, 0.1) is 11.3 Å². The van der Waals surface area contributed by atoms with E-state index in [1.54, 1.807) is 7.11 Å². The van der Waals surface area contributed by atoms with Gasteiger partial charge in [0, 0.05) is 49.3 Å². The zero-order chi connectivity index (χ0) is 23.9. The first-order valence-electron chi connectivity index (χ1n) is 13.4. The maximum atomic E-state index is 13.7. The maximum Gasteiger partial charge on any atom is 0.232 e. The summed E-state index contributed by atoms with van der Waals surface area (Å²) >= 11 is 0. The van der Waals surface area contributed by atoms with Gasteiger partial charge < -0.3 is 18.9 Å². The van der Waals surface area contributed by atoms with Crippen LogP contribution in [0.2, 0.25) is 0 Å². The Bertz CT molecular complexity index is 1030. The molecule has 2 heterocycles. The van der Waals surface area contributed by atoms with E-state index in [9.17, 15) is 4.79 Å². The predicted octanol–water partition coefficient (Wildman–Crippen LogP) is 5.40. The van der Waals surface area contributed by atoms with Crippen molar-refractivity contribution >= 4 is 11.6 Å². The van der Waals surface area contributed by atoms with Crippen LogP contribution in [-0.4, -0.2) is 42.9 Å². The van der Waals surface area contributed by atoms with Crippen molar-refractivity contribution in [1.82, 2.24) is 10.1 Å². The number of carbonyl (C=O) groups is 1. The summed E-state index contributed by atoms with van der Waals surface area (Å²) < 4.78 is 16.8. The molecule has 7 heteroatoms. The van der Waals surface area contributed by atoms with Gasteiger partial charge in [-0.2, -0.15) is 4.98 Å². The Morgan fingerprint density at radius 3 is 2.51 bits per heavy atom. The highest BCUT2D eigenvalue weighted by molar-refractivity contribution is 5.93. The molecule has 4 saturated carbocycles. The molecule has 7 nitrogen and oxygen atoms in total. The minimum Gasteiger partial charge on any atom is -0.497 e. The number of nitrogens with zero attached hydrogens (tertiary/aromatic N) is 3. The molecule has 0 N–H and O–H groups in total. The van der Waals surface area contributed by atoms with Crippen LogP contribution < -0.4 is 9.64 Å². The number of anilines is 1. The summed E-state index contributed by atoms with van der Waals surface area (Å²) in [6.07, 6.45) is 11.4. The molecule has 0 unspecified atom stereocenters. The molecule has 5 aliphatic rings. The minimum atomic E-state index is 0.0365. The SMILES string of the molecule is COc1cccc(N(CC23CCC(c4nc(C5CC5)no4)(CC2)CC3)C(=O)CC2CCOCC2)c1. The van der Waals surface area contributed by atoms with Gasteiger partial charge in [-0.25, -0.2) is 0 Å². The molecular formula is C28H37N3O4.